The molecule has 5 nitrogen and oxygen atoms in total. The van der Waals surface area contributed by atoms with E-state index in [9.17, 15) is 9.59 Å². The van der Waals surface area contributed by atoms with Crippen LogP contribution in [0.4, 0.5) is 0 Å². The number of hydrogen-bond donors (Lipinski definition) is 2. The quantitative estimate of drug-likeness (QED) is 0.780. The maximum Gasteiger partial charge on any atom is 0.250 e. The standard InChI is InChI=1S/C25H33N3O2/c1-14-12-16(23(26)30)22(27-13-14)19-6-5-17-15-4-7-20-25(3,11-9-21(29)28-20)18(15)8-10-24(17,19)2/h9,11-13,15,17-20H,4-8,10H2,1-3H3,(H2,26,30)(H,28,29)/t15-,17-,18+,19?,20?,24-,25+/m0/s1. The zero-order valence-electron chi connectivity index (χ0n) is 18.3. The maximum absolute atomic E-state index is 12.2. The van der Waals surface area contributed by atoms with Crippen molar-refractivity contribution in [1.82, 2.24) is 10.3 Å². The molecule has 1 aromatic rings. The van der Waals surface area contributed by atoms with Gasteiger partial charge in [0.2, 0.25) is 5.91 Å². The Labute approximate surface area is 178 Å². The van der Waals surface area contributed by atoms with Gasteiger partial charge < -0.3 is 11.1 Å². The van der Waals surface area contributed by atoms with Crippen LogP contribution >= 0.6 is 0 Å². The molecule has 2 amide bonds. The Morgan fingerprint density at radius 3 is 2.73 bits per heavy atom. The second-order valence-corrected chi connectivity index (χ2v) is 10.7. The molecule has 2 heterocycles. The molecular weight excluding hydrogens is 374 g/mol. The van der Waals surface area contributed by atoms with Crippen LogP contribution in [0.15, 0.2) is 24.4 Å². The molecule has 5 heteroatoms. The van der Waals surface area contributed by atoms with E-state index in [-0.39, 0.29) is 28.7 Å². The van der Waals surface area contributed by atoms with E-state index >= 15 is 0 Å². The highest BCUT2D eigenvalue weighted by Crippen LogP contribution is 2.67. The second kappa shape index (κ2) is 6.66. The second-order valence-electron chi connectivity index (χ2n) is 10.7. The molecule has 1 aliphatic heterocycles. The lowest BCUT2D eigenvalue weighted by atomic mass is 9.47. The van der Waals surface area contributed by atoms with E-state index < -0.39 is 0 Å². The summed E-state index contributed by atoms with van der Waals surface area (Å²) in [6.07, 6.45) is 12.6. The molecule has 0 radical (unpaired) electrons. The van der Waals surface area contributed by atoms with E-state index in [4.69, 9.17) is 10.7 Å². The van der Waals surface area contributed by atoms with Crippen LogP contribution in [0.3, 0.4) is 0 Å². The van der Waals surface area contributed by atoms with Gasteiger partial charge in [-0.1, -0.05) is 19.9 Å². The molecule has 4 aliphatic rings. The fraction of sp³-hybridized carbons (Fsp3) is 0.640. The van der Waals surface area contributed by atoms with Crippen LogP contribution in [0.1, 0.15) is 79.9 Å². The molecule has 3 aliphatic carbocycles. The first-order valence-corrected chi connectivity index (χ1v) is 11.5. The molecule has 160 valence electrons. The van der Waals surface area contributed by atoms with Crippen LogP contribution < -0.4 is 11.1 Å². The summed E-state index contributed by atoms with van der Waals surface area (Å²) in [5.74, 6) is 1.89. The van der Waals surface area contributed by atoms with E-state index in [1.54, 1.807) is 6.08 Å². The first-order valence-electron chi connectivity index (χ1n) is 11.5. The molecule has 1 aromatic heterocycles. The number of fused-ring (bicyclic) bond motifs is 5. The van der Waals surface area contributed by atoms with E-state index in [1.807, 2.05) is 19.2 Å². The summed E-state index contributed by atoms with van der Waals surface area (Å²) in [4.78, 5) is 28.9. The summed E-state index contributed by atoms with van der Waals surface area (Å²) in [6.45, 7) is 6.75. The van der Waals surface area contributed by atoms with Crippen molar-refractivity contribution >= 4 is 11.8 Å². The minimum absolute atomic E-state index is 0.0523. The number of nitrogens with zero attached hydrogens (tertiary/aromatic N) is 1. The summed E-state index contributed by atoms with van der Waals surface area (Å²) in [5.41, 5.74) is 8.46. The van der Waals surface area contributed by atoms with Gasteiger partial charge in [0.1, 0.15) is 0 Å². The molecular formula is C25H33N3O2. The molecule has 0 saturated heterocycles. The van der Waals surface area contributed by atoms with Crippen LogP contribution in [0.2, 0.25) is 0 Å². The third-order valence-electron chi connectivity index (χ3n) is 9.34. The third-order valence-corrected chi connectivity index (χ3v) is 9.34. The van der Waals surface area contributed by atoms with E-state index in [2.05, 4.69) is 25.2 Å². The van der Waals surface area contributed by atoms with E-state index in [0.717, 1.165) is 30.5 Å². The number of carbonyl (C=O) groups is 2. The average molecular weight is 408 g/mol. The Morgan fingerprint density at radius 1 is 1.17 bits per heavy atom. The highest BCUT2D eigenvalue weighted by Gasteiger charge is 2.60. The Bertz CT molecular complexity index is 940. The first-order chi connectivity index (χ1) is 14.2. The smallest absolute Gasteiger partial charge is 0.250 e. The highest BCUT2D eigenvalue weighted by atomic mass is 16.2. The molecule has 5 rings (SSSR count). The van der Waals surface area contributed by atoms with Crippen molar-refractivity contribution in [2.24, 2.45) is 34.3 Å². The number of primary amides is 1. The lowest BCUT2D eigenvalue weighted by Gasteiger charge is -2.58. The van der Waals surface area contributed by atoms with Gasteiger partial charge in [0.05, 0.1) is 11.3 Å². The fourth-order valence-corrected chi connectivity index (χ4v) is 7.84. The maximum atomic E-state index is 12.2. The third kappa shape index (κ3) is 2.70. The Kier molecular flexibility index (Phi) is 4.39. The summed E-state index contributed by atoms with van der Waals surface area (Å²) >= 11 is 0. The van der Waals surface area contributed by atoms with Crippen molar-refractivity contribution in [1.29, 1.82) is 0 Å². The van der Waals surface area contributed by atoms with Crippen LogP contribution in [0.5, 0.6) is 0 Å². The molecule has 30 heavy (non-hydrogen) atoms. The summed E-state index contributed by atoms with van der Waals surface area (Å²) < 4.78 is 0. The average Bonchev–Trinajstić information content (AvgIpc) is 3.05. The number of hydrogen-bond acceptors (Lipinski definition) is 3. The van der Waals surface area contributed by atoms with Gasteiger partial charge in [0.25, 0.3) is 5.91 Å². The molecule has 2 unspecified atom stereocenters. The normalized spacial score (nSPS) is 42.1. The minimum Gasteiger partial charge on any atom is -0.366 e. The van der Waals surface area contributed by atoms with Gasteiger partial charge in [-0.25, -0.2) is 0 Å². The van der Waals surface area contributed by atoms with Gasteiger partial charge in [0, 0.05) is 23.6 Å². The van der Waals surface area contributed by atoms with Gasteiger partial charge in [-0.3, -0.25) is 14.6 Å². The van der Waals surface area contributed by atoms with Crippen molar-refractivity contribution in [3.05, 3.63) is 41.2 Å². The minimum atomic E-state index is -0.363. The zero-order valence-corrected chi connectivity index (χ0v) is 18.3. The summed E-state index contributed by atoms with van der Waals surface area (Å²) in [6, 6.07) is 2.17. The topological polar surface area (TPSA) is 85.1 Å². The molecule has 0 bridgehead atoms. The number of aryl methyl sites for hydroxylation is 1. The molecule has 7 atom stereocenters. The van der Waals surface area contributed by atoms with Crippen LogP contribution in [0, 0.1) is 35.5 Å². The summed E-state index contributed by atoms with van der Waals surface area (Å²) in [5, 5.41) is 3.23. The van der Waals surface area contributed by atoms with Gasteiger partial charge in [0.15, 0.2) is 0 Å². The van der Waals surface area contributed by atoms with Crippen molar-refractivity contribution < 1.29 is 9.59 Å². The number of amides is 2. The number of nitrogens with two attached hydrogens (primary N) is 1. The van der Waals surface area contributed by atoms with Crippen molar-refractivity contribution in [3.63, 3.8) is 0 Å². The van der Waals surface area contributed by atoms with Gasteiger partial charge in [-0.15, -0.1) is 0 Å². The number of carbonyl (C=O) groups excluding carboxylic acids is 2. The molecule has 0 spiro atoms. The predicted molar refractivity (Wildman–Crippen MR) is 116 cm³/mol. The van der Waals surface area contributed by atoms with Gasteiger partial charge >= 0.3 is 0 Å². The summed E-state index contributed by atoms with van der Waals surface area (Å²) in [7, 11) is 0. The Morgan fingerprint density at radius 2 is 1.97 bits per heavy atom. The van der Waals surface area contributed by atoms with E-state index in [0.29, 0.717) is 29.2 Å². The molecule has 3 fully saturated rings. The van der Waals surface area contributed by atoms with E-state index in [1.165, 1.54) is 19.3 Å². The van der Waals surface area contributed by atoms with Gasteiger partial charge in [-0.05, 0) is 86.3 Å². The number of pyridine rings is 1. The van der Waals surface area contributed by atoms with Gasteiger partial charge in [-0.2, -0.15) is 0 Å². The number of aromatic nitrogens is 1. The Balaban J connectivity index is 1.49. The van der Waals surface area contributed by atoms with Crippen LogP contribution in [0.25, 0.3) is 0 Å². The van der Waals surface area contributed by atoms with Crippen molar-refractivity contribution in [2.75, 3.05) is 0 Å². The zero-order chi connectivity index (χ0) is 21.3. The predicted octanol–water partition coefficient (Wildman–Crippen LogP) is 3.87. The Hall–Kier alpha value is -2.17. The lowest BCUT2D eigenvalue weighted by Crippen LogP contribution is -2.59. The largest absolute Gasteiger partial charge is 0.366 e. The van der Waals surface area contributed by atoms with Crippen molar-refractivity contribution in [3.8, 4) is 0 Å². The first kappa shape index (κ1) is 19.8. The number of nitrogens with one attached hydrogen (secondary N) is 1. The SMILES string of the molecule is Cc1cnc(C2CC[C@H]3[C@@H]4CCC5NC(=O)C=C[C@]5(C)[C@@H]4CC[C@]23C)c(C(N)=O)c1. The van der Waals surface area contributed by atoms with Crippen LogP contribution in [-0.2, 0) is 4.79 Å². The van der Waals surface area contributed by atoms with Crippen LogP contribution in [-0.4, -0.2) is 22.8 Å². The monoisotopic (exact) mass is 407 g/mol. The van der Waals surface area contributed by atoms with Crippen molar-refractivity contribution in [2.45, 2.75) is 71.3 Å². The highest BCUT2D eigenvalue weighted by molar-refractivity contribution is 5.94. The number of rotatable bonds is 2. The molecule has 3 saturated carbocycles. The lowest BCUT2D eigenvalue weighted by molar-refractivity contribution is -0.122. The molecule has 0 aromatic carbocycles. The fourth-order valence-electron chi connectivity index (χ4n) is 7.84. The molecule has 3 N–H and O–H groups in total.